The molecular weight excluding hydrogens is 256 g/mol. The van der Waals surface area contributed by atoms with Crippen LogP contribution in [0.2, 0.25) is 0 Å². The Labute approximate surface area is 112 Å². The van der Waals surface area contributed by atoms with Crippen LogP contribution in [0.15, 0.2) is 4.52 Å². The molecule has 1 aromatic rings. The van der Waals surface area contributed by atoms with Gasteiger partial charge in [-0.2, -0.15) is 4.98 Å². The largest absolute Gasteiger partial charge is 0.356 e. The highest BCUT2D eigenvalue weighted by atomic mass is 35.5. The first-order chi connectivity index (χ1) is 8.24. The molecule has 102 valence electrons. The Balaban J connectivity index is 0.00000162. The Kier molecular flexibility index (Phi) is 6.07. The zero-order valence-electron chi connectivity index (χ0n) is 10.4. The number of halogens is 1. The number of amides is 1. The summed E-state index contributed by atoms with van der Waals surface area (Å²) in [6.07, 6.45) is 3.41. The molecule has 0 aromatic carbocycles. The third-order valence-corrected chi connectivity index (χ3v) is 2.82. The van der Waals surface area contributed by atoms with Gasteiger partial charge < -0.3 is 15.2 Å². The van der Waals surface area contributed by atoms with Crippen molar-refractivity contribution in [3.05, 3.63) is 11.7 Å². The minimum absolute atomic E-state index is 0. The van der Waals surface area contributed by atoms with Gasteiger partial charge in [0.05, 0.1) is 0 Å². The predicted molar refractivity (Wildman–Crippen MR) is 68.6 cm³/mol. The molecule has 1 atom stereocenters. The molecule has 0 radical (unpaired) electrons. The van der Waals surface area contributed by atoms with Gasteiger partial charge in [-0.1, -0.05) is 5.16 Å². The van der Waals surface area contributed by atoms with Crippen molar-refractivity contribution in [1.29, 1.82) is 0 Å². The van der Waals surface area contributed by atoms with E-state index in [0.29, 0.717) is 37.1 Å². The van der Waals surface area contributed by atoms with Crippen LogP contribution in [0.4, 0.5) is 0 Å². The maximum Gasteiger partial charge on any atom is 0.228 e. The minimum Gasteiger partial charge on any atom is -0.356 e. The van der Waals surface area contributed by atoms with Crippen molar-refractivity contribution in [1.82, 2.24) is 20.8 Å². The highest BCUT2D eigenvalue weighted by Crippen LogP contribution is 2.08. The molecule has 1 amide bonds. The molecule has 0 bridgehead atoms. The van der Waals surface area contributed by atoms with Gasteiger partial charge in [-0.25, -0.2) is 0 Å². The predicted octanol–water partition coefficient (Wildman–Crippen LogP) is 0.601. The summed E-state index contributed by atoms with van der Waals surface area (Å²) in [6, 6.07) is 0.348. The second kappa shape index (κ2) is 7.33. The highest BCUT2D eigenvalue weighted by molar-refractivity contribution is 5.85. The summed E-state index contributed by atoms with van der Waals surface area (Å²) in [5.74, 6) is 1.28. The van der Waals surface area contributed by atoms with Crippen molar-refractivity contribution in [2.24, 2.45) is 0 Å². The van der Waals surface area contributed by atoms with Crippen LogP contribution in [0, 0.1) is 6.92 Å². The molecule has 0 saturated carbocycles. The molecule has 2 rings (SSSR count). The fraction of sp³-hybridized carbons (Fsp3) is 0.727. The quantitative estimate of drug-likeness (QED) is 0.822. The van der Waals surface area contributed by atoms with E-state index in [1.807, 2.05) is 0 Å². The number of nitrogens with zero attached hydrogens (tertiary/aromatic N) is 2. The third kappa shape index (κ3) is 4.62. The van der Waals surface area contributed by atoms with Gasteiger partial charge in [-0.05, 0) is 26.3 Å². The van der Waals surface area contributed by atoms with Crippen LogP contribution in [0.5, 0.6) is 0 Å². The van der Waals surface area contributed by atoms with E-state index in [1.54, 1.807) is 6.92 Å². The van der Waals surface area contributed by atoms with Crippen molar-refractivity contribution in [2.75, 3.05) is 13.1 Å². The van der Waals surface area contributed by atoms with Crippen molar-refractivity contribution in [2.45, 2.75) is 38.6 Å². The number of carbonyl (C=O) groups excluding carboxylic acids is 1. The van der Waals surface area contributed by atoms with E-state index in [2.05, 4.69) is 20.8 Å². The molecule has 2 heterocycles. The number of nitrogens with one attached hydrogen (secondary N) is 2. The van der Waals surface area contributed by atoms with Gasteiger partial charge in [0.2, 0.25) is 11.8 Å². The van der Waals surface area contributed by atoms with Gasteiger partial charge >= 0.3 is 0 Å². The van der Waals surface area contributed by atoms with Crippen LogP contribution in [0.1, 0.15) is 31.0 Å². The zero-order valence-corrected chi connectivity index (χ0v) is 11.3. The number of aromatic nitrogens is 2. The van der Waals surface area contributed by atoms with E-state index in [0.717, 1.165) is 13.0 Å². The lowest BCUT2D eigenvalue weighted by Gasteiger charge is -2.09. The number of hydrogen-bond donors (Lipinski definition) is 2. The van der Waals surface area contributed by atoms with E-state index in [9.17, 15) is 4.79 Å². The molecule has 7 heteroatoms. The van der Waals surface area contributed by atoms with Gasteiger partial charge in [0.1, 0.15) is 0 Å². The lowest BCUT2D eigenvalue weighted by Crippen LogP contribution is -2.32. The maximum atomic E-state index is 11.6. The van der Waals surface area contributed by atoms with E-state index in [-0.39, 0.29) is 18.3 Å². The summed E-state index contributed by atoms with van der Waals surface area (Å²) < 4.78 is 4.95. The Morgan fingerprint density at radius 3 is 3.06 bits per heavy atom. The van der Waals surface area contributed by atoms with Crippen LogP contribution in [-0.4, -0.2) is 35.2 Å². The first kappa shape index (κ1) is 14.9. The number of hydrogen-bond acceptors (Lipinski definition) is 5. The molecule has 6 nitrogen and oxygen atoms in total. The van der Waals surface area contributed by atoms with Gasteiger partial charge in [0.25, 0.3) is 0 Å². The normalized spacial score (nSPS) is 18.4. The Morgan fingerprint density at radius 2 is 2.44 bits per heavy atom. The highest BCUT2D eigenvalue weighted by Gasteiger charge is 2.17. The first-order valence-electron chi connectivity index (χ1n) is 6.03. The number of rotatable bonds is 5. The zero-order chi connectivity index (χ0) is 12.1. The van der Waals surface area contributed by atoms with E-state index in [1.165, 1.54) is 6.42 Å². The molecule has 2 N–H and O–H groups in total. The van der Waals surface area contributed by atoms with Crippen LogP contribution < -0.4 is 10.6 Å². The Hall–Kier alpha value is -1.14. The van der Waals surface area contributed by atoms with E-state index < -0.39 is 0 Å². The van der Waals surface area contributed by atoms with Crippen molar-refractivity contribution < 1.29 is 9.32 Å². The van der Waals surface area contributed by atoms with E-state index >= 15 is 0 Å². The SMILES string of the molecule is Cc1noc(CCNC(=O)CC2CCCN2)n1.Cl. The maximum absolute atomic E-state index is 11.6. The Bertz CT molecular complexity index is 377. The summed E-state index contributed by atoms with van der Waals surface area (Å²) in [5, 5.41) is 9.85. The summed E-state index contributed by atoms with van der Waals surface area (Å²) in [4.78, 5) is 15.6. The van der Waals surface area contributed by atoms with Crippen LogP contribution in [0.3, 0.4) is 0 Å². The molecule has 1 fully saturated rings. The van der Waals surface area contributed by atoms with Gasteiger partial charge in [-0.3, -0.25) is 4.79 Å². The smallest absolute Gasteiger partial charge is 0.228 e. The summed E-state index contributed by atoms with van der Waals surface area (Å²) in [5.41, 5.74) is 0. The molecule has 1 aliphatic heterocycles. The molecule has 1 unspecified atom stereocenters. The van der Waals surface area contributed by atoms with Gasteiger partial charge in [-0.15, -0.1) is 12.4 Å². The van der Waals surface area contributed by atoms with Crippen molar-refractivity contribution in [3.63, 3.8) is 0 Å². The fourth-order valence-corrected chi connectivity index (χ4v) is 1.98. The molecule has 18 heavy (non-hydrogen) atoms. The van der Waals surface area contributed by atoms with Crippen molar-refractivity contribution in [3.8, 4) is 0 Å². The lowest BCUT2D eigenvalue weighted by atomic mass is 10.1. The monoisotopic (exact) mass is 274 g/mol. The van der Waals surface area contributed by atoms with Crippen LogP contribution in [0.25, 0.3) is 0 Å². The second-order valence-corrected chi connectivity index (χ2v) is 4.33. The average Bonchev–Trinajstić information content (AvgIpc) is 2.90. The number of carbonyl (C=O) groups is 1. The molecule has 1 aromatic heterocycles. The van der Waals surface area contributed by atoms with Crippen molar-refractivity contribution >= 4 is 18.3 Å². The lowest BCUT2D eigenvalue weighted by molar-refractivity contribution is -0.121. The molecule has 0 spiro atoms. The van der Waals surface area contributed by atoms with Gasteiger partial charge in [0, 0.05) is 25.4 Å². The van der Waals surface area contributed by atoms with E-state index in [4.69, 9.17) is 4.52 Å². The minimum atomic E-state index is 0. The Morgan fingerprint density at radius 1 is 1.61 bits per heavy atom. The van der Waals surface area contributed by atoms with Crippen LogP contribution in [-0.2, 0) is 11.2 Å². The fourth-order valence-electron chi connectivity index (χ4n) is 1.98. The summed E-state index contributed by atoms with van der Waals surface area (Å²) >= 11 is 0. The second-order valence-electron chi connectivity index (χ2n) is 4.33. The van der Waals surface area contributed by atoms with Crippen LogP contribution >= 0.6 is 12.4 Å². The molecular formula is C11H19ClN4O2. The molecule has 1 saturated heterocycles. The topological polar surface area (TPSA) is 80.0 Å². The average molecular weight is 275 g/mol. The van der Waals surface area contributed by atoms with Gasteiger partial charge in [0.15, 0.2) is 5.82 Å². The summed E-state index contributed by atoms with van der Waals surface area (Å²) in [6.45, 7) is 3.35. The standard InChI is InChI=1S/C11H18N4O2.ClH/c1-8-14-11(17-15-8)4-6-13-10(16)7-9-3-2-5-12-9;/h9,12H,2-7H2,1H3,(H,13,16);1H. The molecule has 1 aliphatic rings. The third-order valence-electron chi connectivity index (χ3n) is 2.82. The summed E-state index contributed by atoms with van der Waals surface area (Å²) in [7, 11) is 0. The molecule has 0 aliphatic carbocycles. The first-order valence-corrected chi connectivity index (χ1v) is 6.03. The number of aryl methyl sites for hydroxylation is 1.